The predicted octanol–water partition coefficient (Wildman–Crippen LogP) is 2.60. The minimum Gasteiger partial charge on any atom is -0.389 e. The van der Waals surface area contributed by atoms with Gasteiger partial charge in [-0.1, -0.05) is 32.5 Å². The molecular formula is C14H24N4S. The minimum absolute atomic E-state index is 0.422. The van der Waals surface area contributed by atoms with E-state index < -0.39 is 0 Å². The summed E-state index contributed by atoms with van der Waals surface area (Å²) in [5.41, 5.74) is 7.62. The zero-order valence-corrected chi connectivity index (χ0v) is 13.0. The van der Waals surface area contributed by atoms with Crippen LogP contribution in [-0.4, -0.2) is 20.8 Å². The molecule has 2 rings (SSSR count). The van der Waals surface area contributed by atoms with Crippen LogP contribution in [0.2, 0.25) is 0 Å². The molecule has 1 aliphatic carbocycles. The van der Waals surface area contributed by atoms with Crippen molar-refractivity contribution in [2.45, 2.75) is 46.1 Å². The Morgan fingerprint density at radius 2 is 2.21 bits per heavy atom. The van der Waals surface area contributed by atoms with Crippen LogP contribution >= 0.6 is 12.2 Å². The average Bonchev–Trinajstić information content (AvgIpc) is 2.81. The van der Waals surface area contributed by atoms with Crippen molar-refractivity contribution in [1.29, 1.82) is 0 Å². The first-order valence-corrected chi connectivity index (χ1v) is 7.46. The summed E-state index contributed by atoms with van der Waals surface area (Å²) in [6.45, 7) is 6.56. The van der Waals surface area contributed by atoms with Gasteiger partial charge in [0.25, 0.3) is 0 Å². The highest BCUT2D eigenvalue weighted by molar-refractivity contribution is 7.80. The van der Waals surface area contributed by atoms with Gasteiger partial charge in [-0.25, -0.2) is 0 Å². The van der Waals surface area contributed by atoms with Crippen LogP contribution in [0.4, 0.5) is 5.82 Å². The number of nitrogens with two attached hydrogens (primary N) is 1. The summed E-state index contributed by atoms with van der Waals surface area (Å²) in [4.78, 5) is 0.422. The summed E-state index contributed by atoms with van der Waals surface area (Å²) in [7, 11) is 1.94. The standard InChI is InChI=1S/C14H24N4S/c1-5-10-6-7-11(8(10)2)16-14-12(13(15)19)9(3)17-18(14)4/h8,10-11,16H,5-7H2,1-4H3,(H2,15,19). The first-order valence-electron chi connectivity index (χ1n) is 7.05. The van der Waals surface area contributed by atoms with Crippen LogP contribution in [-0.2, 0) is 7.05 Å². The third-order valence-electron chi connectivity index (χ3n) is 4.54. The smallest absolute Gasteiger partial charge is 0.134 e. The van der Waals surface area contributed by atoms with E-state index in [0.717, 1.165) is 23.0 Å². The molecule has 1 aromatic heterocycles. The van der Waals surface area contributed by atoms with E-state index in [1.807, 2.05) is 18.7 Å². The molecule has 1 aromatic rings. The van der Waals surface area contributed by atoms with E-state index in [9.17, 15) is 0 Å². The van der Waals surface area contributed by atoms with E-state index in [0.29, 0.717) is 16.9 Å². The Labute approximate surface area is 120 Å². The SMILES string of the molecule is CCC1CCC(Nc2c(C(N)=S)c(C)nn2C)C1C. The van der Waals surface area contributed by atoms with E-state index in [1.165, 1.54) is 19.3 Å². The van der Waals surface area contributed by atoms with Crippen molar-refractivity contribution < 1.29 is 0 Å². The molecule has 3 N–H and O–H groups in total. The van der Waals surface area contributed by atoms with Gasteiger partial charge in [-0.05, 0) is 31.6 Å². The molecule has 1 saturated carbocycles. The molecule has 3 atom stereocenters. The average molecular weight is 280 g/mol. The minimum atomic E-state index is 0.422. The molecule has 5 heteroatoms. The Morgan fingerprint density at radius 1 is 1.53 bits per heavy atom. The number of thiocarbonyl (C=S) groups is 1. The topological polar surface area (TPSA) is 55.9 Å². The maximum atomic E-state index is 5.83. The monoisotopic (exact) mass is 280 g/mol. The van der Waals surface area contributed by atoms with Crippen LogP contribution in [0.3, 0.4) is 0 Å². The zero-order valence-electron chi connectivity index (χ0n) is 12.2. The number of aryl methyl sites for hydroxylation is 2. The summed E-state index contributed by atoms with van der Waals surface area (Å²) in [5, 5.41) is 8.05. The molecule has 0 amide bonds. The Balaban J connectivity index is 2.22. The predicted molar refractivity (Wildman–Crippen MR) is 83.4 cm³/mol. The first-order chi connectivity index (χ1) is 8.95. The van der Waals surface area contributed by atoms with Gasteiger partial charge in [0.2, 0.25) is 0 Å². The molecule has 0 aliphatic heterocycles. The number of rotatable bonds is 4. The molecule has 1 fully saturated rings. The normalized spacial score (nSPS) is 26.6. The molecule has 0 aromatic carbocycles. The molecule has 3 unspecified atom stereocenters. The molecule has 19 heavy (non-hydrogen) atoms. The highest BCUT2D eigenvalue weighted by atomic mass is 32.1. The second-order valence-electron chi connectivity index (χ2n) is 5.65. The van der Waals surface area contributed by atoms with Crippen molar-refractivity contribution in [2.75, 3.05) is 5.32 Å². The lowest BCUT2D eigenvalue weighted by Crippen LogP contribution is -2.27. The third-order valence-corrected chi connectivity index (χ3v) is 4.75. The molecule has 4 nitrogen and oxygen atoms in total. The largest absolute Gasteiger partial charge is 0.389 e. The van der Waals surface area contributed by atoms with E-state index in [4.69, 9.17) is 18.0 Å². The van der Waals surface area contributed by atoms with Gasteiger partial charge in [-0.2, -0.15) is 5.10 Å². The van der Waals surface area contributed by atoms with Gasteiger partial charge in [0.15, 0.2) is 0 Å². The van der Waals surface area contributed by atoms with Gasteiger partial charge in [-0.3, -0.25) is 4.68 Å². The molecule has 106 valence electrons. The molecule has 0 saturated heterocycles. The molecule has 0 radical (unpaired) electrons. The number of hydrogen-bond donors (Lipinski definition) is 2. The number of anilines is 1. The summed E-state index contributed by atoms with van der Waals surface area (Å²) in [6, 6.07) is 0.493. The van der Waals surface area contributed by atoms with Crippen molar-refractivity contribution in [2.24, 2.45) is 24.6 Å². The lowest BCUT2D eigenvalue weighted by molar-refractivity contribution is 0.391. The summed E-state index contributed by atoms with van der Waals surface area (Å²) in [5.74, 6) is 2.47. The summed E-state index contributed by atoms with van der Waals surface area (Å²) in [6.07, 6.45) is 3.77. The number of nitrogens with zero attached hydrogens (tertiary/aromatic N) is 2. The Bertz CT molecular complexity index is 480. The lowest BCUT2D eigenvalue weighted by atomic mass is 9.93. The molecule has 1 aliphatic rings. The van der Waals surface area contributed by atoms with Gasteiger partial charge in [0.05, 0.1) is 11.3 Å². The van der Waals surface area contributed by atoms with Crippen LogP contribution in [0.5, 0.6) is 0 Å². The van der Waals surface area contributed by atoms with E-state index in [1.54, 1.807) is 0 Å². The summed E-state index contributed by atoms with van der Waals surface area (Å²) < 4.78 is 1.86. The second-order valence-corrected chi connectivity index (χ2v) is 6.09. The fraction of sp³-hybridized carbons (Fsp3) is 0.714. The quantitative estimate of drug-likeness (QED) is 0.832. The molecular weight excluding hydrogens is 256 g/mol. The maximum Gasteiger partial charge on any atom is 0.134 e. The zero-order chi connectivity index (χ0) is 14.2. The number of aromatic nitrogens is 2. The summed E-state index contributed by atoms with van der Waals surface area (Å²) >= 11 is 5.15. The fourth-order valence-corrected chi connectivity index (χ4v) is 3.57. The van der Waals surface area contributed by atoms with Gasteiger partial charge in [0, 0.05) is 13.1 Å². The highest BCUT2D eigenvalue weighted by Crippen LogP contribution is 2.36. The fourth-order valence-electron chi connectivity index (χ4n) is 3.32. The number of nitrogens with one attached hydrogen (secondary N) is 1. The van der Waals surface area contributed by atoms with Crippen molar-refractivity contribution >= 4 is 23.0 Å². The molecule has 0 bridgehead atoms. The van der Waals surface area contributed by atoms with Crippen LogP contribution < -0.4 is 11.1 Å². The molecule has 0 spiro atoms. The van der Waals surface area contributed by atoms with Crippen LogP contribution in [0.1, 0.15) is 44.4 Å². The Hall–Kier alpha value is -1.10. The second kappa shape index (κ2) is 5.49. The lowest BCUT2D eigenvalue weighted by Gasteiger charge is -2.22. The first kappa shape index (κ1) is 14.3. The van der Waals surface area contributed by atoms with Gasteiger partial charge < -0.3 is 11.1 Å². The number of hydrogen-bond acceptors (Lipinski definition) is 3. The van der Waals surface area contributed by atoms with E-state index >= 15 is 0 Å². The van der Waals surface area contributed by atoms with Crippen LogP contribution in [0, 0.1) is 18.8 Å². The van der Waals surface area contributed by atoms with Gasteiger partial charge in [-0.15, -0.1) is 0 Å². The third kappa shape index (κ3) is 2.61. The van der Waals surface area contributed by atoms with Crippen molar-refractivity contribution in [1.82, 2.24) is 9.78 Å². The Kier molecular flexibility index (Phi) is 4.13. The van der Waals surface area contributed by atoms with Crippen LogP contribution in [0.15, 0.2) is 0 Å². The Morgan fingerprint density at radius 3 is 2.74 bits per heavy atom. The van der Waals surface area contributed by atoms with Crippen molar-refractivity contribution in [3.8, 4) is 0 Å². The van der Waals surface area contributed by atoms with Gasteiger partial charge in [0.1, 0.15) is 10.8 Å². The van der Waals surface area contributed by atoms with E-state index in [2.05, 4.69) is 24.3 Å². The maximum absolute atomic E-state index is 5.83. The van der Waals surface area contributed by atoms with Crippen molar-refractivity contribution in [3.05, 3.63) is 11.3 Å². The highest BCUT2D eigenvalue weighted by Gasteiger charge is 2.32. The van der Waals surface area contributed by atoms with Gasteiger partial charge >= 0.3 is 0 Å². The van der Waals surface area contributed by atoms with E-state index in [-0.39, 0.29) is 0 Å². The van der Waals surface area contributed by atoms with Crippen molar-refractivity contribution in [3.63, 3.8) is 0 Å². The van der Waals surface area contributed by atoms with Crippen LogP contribution in [0.25, 0.3) is 0 Å². The molecule has 1 heterocycles.